The maximum atomic E-state index is 12.6. The summed E-state index contributed by atoms with van der Waals surface area (Å²) in [7, 11) is 0. The average Bonchev–Trinajstić information content (AvgIpc) is 2.80. The van der Waals surface area contributed by atoms with Gasteiger partial charge in [0.2, 0.25) is 5.91 Å². The molecule has 0 unspecified atom stereocenters. The van der Waals surface area contributed by atoms with Crippen molar-refractivity contribution in [3.05, 3.63) is 53.9 Å². The molecule has 4 rings (SSSR count). The van der Waals surface area contributed by atoms with Crippen LogP contribution in [-0.4, -0.2) is 35.5 Å². The van der Waals surface area contributed by atoms with Gasteiger partial charge in [-0.1, -0.05) is 41.1 Å². The summed E-state index contributed by atoms with van der Waals surface area (Å²) in [6.07, 6.45) is 13.6. The fraction of sp³-hybridized carbons (Fsp3) is 0.480. The molecule has 1 saturated heterocycles. The van der Waals surface area contributed by atoms with E-state index in [4.69, 9.17) is 0 Å². The molecule has 0 atom stereocenters. The quantitative estimate of drug-likeness (QED) is 0.608. The number of nitrogens with one attached hydrogen (secondary N) is 1. The Balaban J connectivity index is 1.29. The fourth-order valence-corrected chi connectivity index (χ4v) is 5.37. The van der Waals surface area contributed by atoms with Gasteiger partial charge in [-0.25, -0.2) is 9.97 Å². The van der Waals surface area contributed by atoms with Gasteiger partial charge in [-0.2, -0.15) is 0 Å². The number of hydrogen-bond acceptors (Lipinski definition) is 5. The van der Waals surface area contributed by atoms with E-state index in [-0.39, 0.29) is 11.8 Å². The minimum Gasteiger partial charge on any atom is -0.356 e. The molecule has 1 aliphatic heterocycles. The highest BCUT2D eigenvalue weighted by Gasteiger charge is 2.27. The second kappa shape index (κ2) is 10.8. The largest absolute Gasteiger partial charge is 0.356 e. The number of nitrogens with zero attached hydrogens (tertiary/aromatic N) is 3. The second-order valence-electron chi connectivity index (χ2n) is 8.51. The van der Waals surface area contributed by atoms with Gasteiger partial charge in [0.05, 0.1) is 0 Å². The molecule has 1 aliphatic carbocycles. The predicted octanol–water partition coefficient (Wildman–Crippen LogP) is 5.16. The van der Waals surface area contributed by atoms with Crippen molar-refractivity contribution < 1.29 is 4.79 Å². The Morgan fingerprint density at radius 2 is 2.03 bits per heavy atom. The minimum absolute atomic E-state index is 0.0983. The maximum absolute atomic E-state index is 12.6. The summed E-state index contributed by atoms with van der Waals surface area (Å²) in [5.74, 6) is 1.24. The molecule has 6 heteroatoms. The normalized spacial score (nSPS) is 17.3. The van der Waals surface area contributed by atoms with E-state index in [1.807, 2.05) is 0 Å². The zero-order valence-corrected chi connectivity index (χ0v) is 19.2. The maximum Gasteiger partial charge on any atom is 0.223 e. The summed E-state index contributed by atoms with van der Waals surface area (Å²) in [6.45, 7) is 4.54. The van der Waals surface area contributed by atoms with Crippen LogP contribution in [-0.2, 0) is 4.79 Å². The number of carbonyl (C=O) groups excluding carboxylic acids is 1. The molecule has 1 aromatic heterocycles. The highest BCUT2D eigenvalue weighted by atomic mass is 32.2. The molecule has 1 amide bonds. The van der Waals surface area contributed by atoms with Crippen molar-refractivity contribution in [2.24, 2.45) is 5.92 Å². The van der Waals surface area contributed by atoms with Crippen LogP contribution in [0.1, 0.15) is 50.5 Å². The molecule has 1 N–H and O–H groups in total. The van der Waals surface area contributed by atoms with Crippen LogP contribution in [0.4, 0.5) is 5.82 Å². The van der Waals surface area contributed by atoms with Crippen LogP contribution in [0.2, 0.25) is 0 Å². The predicted molar refractivity (Wildman–Crippen MR) is 126 cm³/mol. The highest BCUT2D eigenvalue weighted by Crippen LogP contribution is 2.34. The third-order valence-electron chi connectivity index (χ3n) is 6.15. The zero-order valence-electron chi connectivity index (χ0n) is 18.3. The Hall–Kier alpha value is -2.34. The first-order valence-corrected chi connectivity index (χ1v) is 12.3. The van der Waals surface area contributed by atoms with Crippen LogP contribution in [0, 0.1) is 12.8 Å². The number of amides is 1. The van der Waals surface area contributed by atoms with Crippen LogP contribution in [0.25, 0.3) is 0 Å². The molecule has 2 aromatic rings. The van der Waals surface area contributed by atoms with E-state index in [2.05, 4.69) is 57.4 Å². The number of hydrogen-bond donors (Lipinski definition) is 1. The SMILES string of the molecule is Cc1cccc(Sc2nccnc2N2CCC(C(=O)NCCC3=CCCCC3)CC2)c1. The van der Waals surface area contributed by atoms with Crippen LogP contribution in [0.3, 0.4) is 0 Å². The first-order valence-electron chi connectivity index (χ1n) is 11.4. The minimum atomic E-state index is 0.0983. The van der Waals surface area contributed by atoms with E-state index < -0.39 is 0 Å². The van der Waals surface area contributed by atoms with E-state index in [0.717, 1.165) is 49.7 Å². The lowest BCUT2D eigenvalue weighted by Crippen LogP contribution is -2.41. The lowest BCUT2D eigenvalue weighted by molar-refractivity contribution is -0.125. The Morgan fingerprint density at radius 3 is 2.81 bits per heavy atom. The van der Waals surface area contributed by atoms with Crippen LogP contribution in [0.5, 0.6) is 0 Å². The second-order valence-corrected chi connectivity index (χ2v) is 9.58. The summed E-state index contributed by atoms with van der Waals surface area (Å²) in [4.78, 5) is 25.3. The Kier molecular flexibility index (Phi) is 7.62. The van der Waals surface area contributed by atoms with Gasteiger partial charge in [-0.05, 0) is 64.0 Å². The molecule has 5 nitrogen and oxygen atoms in total. The Labute approximate surface area is 189 Å². The number of anilines is 1. The molecular formula is C25H32N4OS. The van der Waals surface area contributed by atoms with Gasteiger partial charge in [-0.3, -0.25) is 4.79 Å². The zero-order chi connectivity index (χ0) is 21.5. The van der Waals surface area contributed by atoms with Gasteiger partial charge in [-0.15, -0.1) is 0 Å². The summed E-state index contributed by atoms with van der Waals surface area (Å²) < 4.78 is 0. The van der Waals surface area contributed by atoms with Crippen molar-refractivity contribution in [1.82, 2.24) is 15.3 Å². The van der Waals surface area contributed by atoms with Gasteiger partial charge in [0, 0.05) is 42.8 Å². The standard InChI is InChI=1S/C25H32N4OS/c1-19-6-5-9-22(18-19)31-25-23(26-14-15-28-25)29-16-11-21(12-17-29)24(30)27-13-10-20-7-3-2-4-8-20/h5-7,9,14-15,18,21H,2-4,8,10-13,16-17H2,1H3,(H,27,30). The van der Waals surface area contributed by atoms with Gasteiger partial charge >= 0.3 is 0 Å². The molecular weight excluding hydrogens is 404 g/mol. The van der Waals surface area contributed by atoms with Gasteiger partial charge in [0.1, 0.15) is 5.03 Å². The molecule has 0 saturated carbocycles. The smallest absolute Gasteiger partial charge is 0.223 e. The molecule has 2 aliphatic rings. The van der Waals surface area contributed by atoms with Crippen LogP contribution in [0.15, 0.2) is 58.2 Å². The summed E-state index contributed by atoms with van der Waals surface area (Å²) in [5, 5.41) is 4.10. The molecule has 1 fully saturated rings. The topological polar surface area (TPSA) is 58.1 Å². The Bertz CT molecular complexity index is 921. The molecule has 164 valence electrons. The first kappa shape index (κ1) is 21.9. The van der Waals surface area contributed by atoms with E-state index >= 15 is 0 Å². The van der Waals surface area contributed by atoms with Gasteiger partial charge in [0.25, 0.3) is 0 Å². The lowest BCUT2D eigenvalue weighted by Gasteiger charge is -2.32. The number of allylic oxidation sites excluding steroid dienone is 1. The van der Waals surface area contributed by atoms with E-state index in [1.54, 1.807) is 24.2 Å². The first-order chi connectivity index (χ1) is 15.2. The molecule has 31 heavy (non-hydrogen) atoms. The van der Waals surface area contributed by atoms with E-state index in [9.17, 15) is 4.79 Å². The number of rotatable bonds is 7. The number of aromatic nitrogens is 2. The van der Waals surface area contributed by atoms with Crippen LogP contribution < -0.4 is 10.2 Å². The number of benzene rings is 1. The summed E-state index contributed by atoms with van der Waals surface area (Å²) in [5.41, 5.74) is 2.75. The highest BCUT2D eigenvalue weighted by molar-refractivity contribution is 7.99. The number of aryl methyl sites for hydroxylation is 1. The van der Waals surface area contributed by atoms with E-state index in [0.29, 0.717) is 0 Å². The number of carbonyl (C=O) groups is 1. The van der Waals surface area contributed by atoms with E-state index in [1.165, 1.54) is 41.7 Å². The molecule has 0 radical (unpaired) electrons. The number of piperidine rings is 1. The fourth-order valence-electron chi connectivity index (χ4n) is 4.37. The lowest BCUT2D eigenvalue weighted by atomic mass is 9.95. The van der Waals surface area contributed by atoms with Crippen molar-refractivity contribution in [2.75, 3.05) is 24.5 Å². The molecule has 2 heterocycles. The van der Waals surface area contributed by atoms with Crippen molar-refractivity contribution >= 4 is 23.5 Å². The van der Waals surface area contributed by atoms with Crippen molar-refractivity contribution in [3.8, 4) is 0 Å². The van der Waals surface area contributed by atoms with Gasteiger partial charge < -0.3 is 10.2 Å². The van der Waals surface area contributed by atoms with Crippen molar-refractivity contribution in [1.29, 1.82) is 0 Å². The van der Waals surface area contributed by atoms with Crippen LogP contribution >= 0.6 is 11.8 Å². The average molecular weight is 437 g/mol. The third kappa shape index (κ3) is 6.10. The summed E-state index contributed by atoms with van der Waals surface area (Å²) in [6, 6.07) is 8.45. The van der Waals surface area contributed by atoms with Crippen molar-refractivity contribution in [3.63, 3.8) is 0 Å². The van der Waals surface area contributed by atoms with Crippen molar-refractivity contribution in [2.45, 2.75) is 61.8 Å². The summed E-state index contributed by atoms with van der Waals surface area (Å²) >= 11 is 1.65. The molecule has 0 bridgehead atoms. The van der Waals surface area contributed by atoms with Gasteiger partial charge in [0.15, 0.2) is 5.82 Å². The third-order valence-corrected chi connectivity index (χ3v) is 7.12. The molecule has 0 spiro atoms. The molecule has 1 aromatic carbocycles. The monoisotopic (exact) mass is 436 g/mol. The Morgan fingerprint density at radius 1 is 1.19 bits per heavy atom.